The van der Waals surface area contributed by atoms with Gasteiger partial charge in [-0.15, -0.1) is 0 Å². The van der Waals surface area contributed by atoms with Crippen molar-refractivity contribution < 1.29 is 4.39 Å². The van der Waals surface area contributed by atoms with E-state index in [0.29, 0.717) is 10.7 Å². The van der Waals surface area contributed by atoms with Gasteiger partial charge in [-0.25, -0.2) is 9.37 Å². The molecule has 0 spiro atoms. The monoisotopic (exact) mass is 378 g/mol. The second-order valence-corrected chi connectivity index (χ2v) is 6.12. The van der Waals surface area contributed by atoms with Gasteiger partial charge in [-0.2, -0.15) is 0 Å². The number of hydrogen-bond acceptors (Lipinski definition) is 2. The minimum Gasteiger partial charge on any atom is -0.274 e. The van der Waals surface area contributed by atoms with E-state index in [0.717, 1.165) is 11.8 Å². The van der Waals surface area contributed by atoms with Crippen molar-refractivity contribution >= 4 is 69.8 Å². The van der Waals surface area contributed by atoms with E-state index < -0.39 is 6.01 Å². The Kier molecular flexibility index (Phi) is 5.15. The predicted molar refractivity (Wildman–Crippen MR) is 80.4 cm³/mol. The van der Waals surface area contributed by atoms with Crippen molar-refractivity contribution in [3.8, 4) is 5.69 Å². The van der Waals surface area contributed by atoms with Crippen LogP contribution in [0.5, 0.6) is 0 Å². The predicted octanol–water partition coefficient (Wildman–Crippen LogP) is 6.16. The molecule has 2 rings (SSSR count). The van der Waals surface area contributed by atoms with Crippen LogP contribution in [0.15, 0.2) is 17.3 Å². The maximum Gasteiger partial charge on any atom is 0.178 e. The molecular formula is C10H4Cl5FN2S. The van der Waals surface area contributed by atoms with Crippen molar-refractivity contribution in [2.75, 3.05) is 6.01 Å². The van der Waals surface area contributed by atoms with Crippen LogP contribution in [0.4, 0.5) is 4.39 Å². The normalized spacial score (nSPS) is 11.1. The first-order chi connectivity index (χ1) is 8.95. The molecule has 0 radical (unpaired) electrons. The molecule has 2 nitrogen and oxygen atoms in total. The van der Waals surface area contributed by atoms with Gasteiger partial charge < -0.3 is 0 Å². The van der Waals surface area contributed by atoms with Gasteiger partial charge in [0.2, 0.25) is 0 Å². The third kappa shape index (κ3) is 3.09. The molecule has 0 fully saturated rings. The summed E-state index contributed by atoms with van der Waals surface area (Å²) < 4.78 is 13.9. The Morgan fingerprint density at radius 3 is 2.21 bits per heavy atom. The van der Waals surface area contributed by atoms with Crippen molar-refractivity contribution in [2.45, 2.75) is 5.16 Å². The highest BCUT2D eigenvalue weighted by atomic mass is 35.5. The van der Waals surface area contributed by atoms with Gasteiger partial charge in [-0.3, -0.25) is 4.57 Å². The van der Waals surface area contributed by atoms with Crippen LogP contribution in [-0.4, -0.2) is 15.6 Å². The SMILES string of the molecule is FCSc1nc(Cl)c(Cl)n1-c1c(Cl)cc(Cl)cc1Cl. The first-order valence-corrected chi connectivity index (χ1v) is 7.60. The van der Waals surface area contributed by atoms with E-state index in [1.54, 1.807) is 0 Å². The van der Waals surface area contributed by atoms with Crippen LogP contribution in [-0.2, 0) is 0 Å². The van der Waals surface area contributed by atoms with Gasteiger partial charge in [-0.1, -0.05) is 69.8 Å². The fraction of sp³-hybridized carbons (Fsp3) is 0.100. The number of benzene rings is 1. The second-order valence-electron chi connectivity index (χ2n) is 3.28. The number of rotatable bonds is 3. The van der Waals surface area contributed by atoms with Gasteiger partial charge >= 0.3 is 0 Å². The lowest BCUT2D eigenvalue weighted by molar-refractivity contribution is 0.603. The molecule has 0 saturated carbocycles. The van der Waals surface area contributed by atoms with Crippen LogP contribution in [0.2, 0.25) is 25.4 Å². The summed E-state index contributed by atoms with van der Waals surface area (Å²) in [5, 5.41) is 1.29. The van der Waals surface area contributed by atoms with E-state index in [1.165, 1.54) is 16.7 Å². The molecule has 1 aromatic carbocycles. The molecular weight excluding hydrogens is 376 g/mol. The molecule has 0 aliphatic carbocycles. The van der Waals surface area contributed by atoms with E-state index in [2.05, 4.69) is 4.98 Å². The number of imidazole rings is 1. The average Bonchev–Trinajstić information content (AvgIpc) is 2.56. The maximum atomic E-state index is 12.5. The minimum absolute atomic E-state index is 0.0414. The van der Waals surface area contributed by atoms with Crippen LogP contribution in [0, 0.1) is 0 Å². The highest BCUT2D eigenvalue weighted by molar-refractivity contribution is 7.99. The van der Waals surface area contributed by atoms with Gasteiger partial charge in [-0.05, 0) is 12.1 Å². The van der Waals surface area contributed by atoms with Gasteiger partial charge in [0, 0.05) is 5.02 Å². The van der Waals surface area contributed by atoms with Crippen LogP contribution in [0.25, 0.3) is 5.69 Å². The first kappa shape index (κ1) is 15.5. The van der Waals surface area contributed by atoms with Gasteiger partial charge in [0.15, 0.2) is 15.5 Å². The standard InChI is InChI=1S/C10H4Cl5FN2S/c11-4-1-5(12)7(6(13)2-4)18-9(15)8(14)17-10(18)19-3-16/h1-2H,3H2. The quantitative estimate of drug-likeness (QED) is 0.594. The zero-order valence-corrected chi connectivity index (χ0v) is 13.5. The lowest BCUT2D eigenvalue weighted by Gasteiger charge is -2.12. The highest BCUT2D eigenvalue weighted by Crippen LogP contribution is 2.39. The molecule has 0 aliphatic rings. The Morgan fingerprint density at radius 2 is 1.68 bits per heavy atom. The van der Waals surface area contributed by atoms with Crippen LogP contribution >= 0.6 is 69.8 Å². The van der Waals surface area contributed by atoms with E-state index in [-0.39, 0.29) is 25.5 Å². The highest BCUT2D eigenvalue weighted by Gasteiger charge is 2.20. The smallest absolute Gasteiger partial charge is 0.178 e. The summed E-state index contributed by atoms with van der Waals surface area (Å²) in [5.74, 6) is 0. The minimum atomic E-state index is -0.688. The molecule has 1 aromatic heterocycles. The molecule has 0 saturated heterocycles. The van der Waals surface area contributed by atoms with Crippen molar-refractivity contribution in [3.05, 3.63) is 37.5 Å². The summed E-state index contributed by atoms with van der Waals surface area (Å²) in [6, 6.07) is 2.31. The average molecular weight is 380 g/mol. The number of thioether (sulfide) groups is 1. The summed E-state index contributed by atoms with van der Waals surface area (Å²) >= 11 is 30.8. The molecule has 2 aromatic rings. The van der Waals surface area contributed by atoms with E-state index in [1.807, 2.05) is 0 Å². The summed E-state index contributed by atoms with van der Waals surface area (Å²) in [4.78, 5) is 3.95. The molecule has 9 heteroatoms. The number of alkyl halides is 1. The maximum absolute atomic E-state index is 12.5. The fourth-order valence-corrected chi connectivity index (χ4v) is 3.47. The molecule has 0 N–H and O–H groups in total. The van der Waals surface area contributed by atoms with Crippen LogP contribution < -0.4 is 0 Å². The van der Waals surface area contributed by atoms with Crippen molar-refractivity contribution in [1.82, 2.24) is 9.55 Å². The summed E-state index contributed by atoms with van der Waals surface area (Å²) in [6.07, 6.45) is 0. The zero-order valence-electron chi connectivity index (χ0n) is 8.93. The Hall–Kier alpha value is 0.160. The summed E-state index contributed by atoms with van der Waals surface area (Å²) in [7, 11) is 0. The molecule has 0 atom stereocenters. The Morgan fingerprint density at radius 1 is 1.11 bits per heavy atom. The Labute approximate surface area is 137 Å². The lowest BCUT2D eigenvalue weighted by atomic mass is 10.3. The first-order valence-electron chi connectivity index (χ1n) is 4.73. The fourth-order valence-electron chi connectivity index (χ4n) is 1.44. The Balaban J connectivity index is 2.71. The van der Waals surface area contributed by atoms with Crippen molar-refractivity contribution in [1.29, 1.82) is 0 Å². The van der Waals surface area contributed by atoms with Gasteiger partial charge in [0.05, 0.1) is 15.7 Å². The van der Waals surface area contributed by atoms with Crippen molar-refractivity contribution in [2.24, 2.45) is 0 Å². The molecule has 19 heavy (non-hydrogen) atoms. The Bertz CT molecular complexity index is 608. The number of halogens is 6. The molecule has 0 aliphatic heterocycles. The van der Waals surface area contributed by atoms with Gasteiger partial charge in [0.25, 0.3) is 0 Å². The molecule has 0 unspecified atom stereocenters. The topological polar surface area (TPSA) is 17.8 Å². The third-order valence-electron chi connectivity index (χ3n) is 2.14. The van der Waals surface area contributed by atoms with Crippen LogP contribution in [0.1, 0.15) is 0 Å². The lowest BCUT2D eigenvalue weighted by Crippen LogP contribution is -1.99. The van der Waals surface area contributed by atoms with Crippen molar-refractivity contribution in [3.63, 3.8) is 0 Å². The van der Waals surface area contributed by atoms with E-state index in [9.17, 15) is 4.39 Å². The number of nitrogens with zero attached hydrogens (tertiary/aromatic N) is 2. The zero-order chi connectivity index (χ0) is 14.2. The molecule has 1 heterocycles. The third-order valence-corrected chi connectivity index (χ3v) is 4.28. The van der Waals surface area contributed by atoms with E-state index in [4.69, 9.17) is 58.0 Å². The molecule has 0 amide bonds. The van der Waals surface area contributed by atoms with E-state index >= 15 is 0 Å². The second kappa shape index (κ2) is 6.29. The molecule has 0 bridgehead atoms. The van der Waals surface area contributed by atoms with Gasteiger partial charge in [0.1, 0.15) is 6.01 Å². The summed E-state index contributed by atoms with van der Waals surface area (Å²) in [6.45, 7) is 0. The number of hydrogen-bond donors (Lipinski definition) is 0. The molecule has 102 valence electrons. The largest absolute Gasteiger partial charge is 0.274 e. The van der Waals surface area contributed by atoms with Crippen LogP contribution in [0.3, 0.4) is 0 Å². The summed E-state index contributed by atoms with van der Waals surface area (Å²) in [5.41, 5.74) is 0.355. The number of aromatic nitrogens is 2.